The van der Waals surface area contributed by atoms with E-state index < -0.39 is 4.92 Å². The number of nitro groups is 1. The van der Waals surface area contributed by atoms with Gasteiger partial charge in [-0.05, 0) is 36.4 Å². The Morgan fingerprint density at radius 1 is 1.10 bits per heavy atom. The Balaban J connectivity index is 1.97. The van der Waals surface area contributed by atoms with Crippen molar-refractivity contribution in [2.75, 3.05) is 5.32 Å². The van der Waals surface area contributed by atoms with Gasteiger partial charge in [-0.1, -0.05) is 11.6 Å². The highest BCUT2D eigenvalue weighted by atomic mass is 35.5. The maximum absolute atomic E-state index is 10.6. The van der Waals surface area contributed by atoms with Crippen molar-refractivity contribution in [3.05, 3.63) is 69.9 Å². The Bertz CT molecular complexity index is 819. The molecular formula is C15H10ClN3O2. The Morgan fingerprint density at radius 2 is 1.86 bits per heavy atom. The van der Waals surface area contributed by atoms with Crippen LogP contribution in [0.4, 0.5) is 17.1 Å². The van der Waals surface area contributed by atoms with Crippen LogP contribution in [0.15, 0.2) is 54.7 Å². The van der Waals surface area contributed by atoms with E-state index in [-0.39, 0.29) is 5.69 Å². The average molecular weight is 300 g/mol. The van der Waals surface area contributed by atoms with Crippen molar-refractivity contribution < 1.29 is 4.92 Å². The Morgan fingerprint density at radius 3 is 2.57 bits per heavy atom. The van der Waals surface area contributed by atoms with Crippen LogP contribution in [0.2, 0.25) is 5.02 Å². The van der Waals surface area contributed by atoms with Gasteiger partial charge in [0.25, 0.3) is 5.69 Å². The Kier molecular flexibility index (Phi) is 3.41. The molecule has 2 aromatic carbocycles. The SMILES string of the molecule is O=[N+]([O-])c1ccc(Nc2ccnc3ccc(Cl)cc23)cc1. The number of aromatic nitrogens is 1. The minimum Gasteiger partial charge on any atom is -0.355 e. The highest BCUT2D eigenvalue weighted by Crippen LogP contribution is 2.28. The number of anilines is 2. The Hall–Kier alpha value is -2.66. The average Bonchev–Trinajstić information content (AvgIpc) is 2.48. The van der Waals surface area contributed by atoms with Crippen LogP contribution < -0.4 is 5.32 Å². The van der Waals surface area contributed by atoms with Gasteiger partial charge in [0.2, 0.25) is 0 Å². The zero-order valence-electron chi connectivity index (χ0n) is 10.8. The number of nitrogens with zero attached hydrogens (tertiary/aromatic N) is 2. The van der Waals surface area contributed by atoms with Crippen LogP contribution in [0.3, 0.4) is 0 Å². The van der Waals surface area contributed by atoms with Crippen LogP contribution in [0.5, 0.6) is 0 Å². The zero-order chi connectivity index (χ0) is 14.8. The monoisotopic (exact) mass is 299 g/mol. The fourth-order valence-electron chi connectivity index (χ4n) is 2.05. The summed E-state index contributed by atoms with van der Waals surface area (Å²) in [4.78, 5) is 14.5. The van der Waals surface area contributed by atoms with Gasteiger partial charge in [0.05, 0.1) is 10.4 Å². The van der Waals surface area contributed by atoms with Crippen molar-refractivity contribution in [1.29, 1.82) is 0 Å². The summed E-state index contributed by atoms with van der Waals surface area (Å²) in [6.45, 7) is 0. The van der Waals surface area contributed by atoms with Crippen molar-refractivity contribution in [3.63, 3.8) is 0 Å². The fraction of sp³-hybridized carbons (Fsp3) is 0. The summed E-state index contributed by atoms with van der Waals surface area (Å²) < 4.78 is 0. The van der Waals surface area contributed by atoms with Gasteiger partial charge in [-0.3, -0.25) is 15.1 Å². The molecule has 0 fully saturated rings. The first kappa shape index (κ1) is 13.3. The Labute approximate surface area is 125 Å². The van der Waals surface area contributed by atoms with Crippen LogP contribution in [0.25, 0.3) is 10.9 Å². The molecule has 0 saturated heterocycles. The summed E-state index contributed by atoms with van der Waals surface area (Å²) >= 11 is 6.02. The molecule has 6 heteroatoms. The molecule has 0 saturated carbocycles. The largest absolute Gasteiger partial charge is 0.355 e. The van der Waals surface area contributed by atoms with E-state index in [1.165, 1.54) is 12.1 Å². The first-order valence-corrected chi connectivity index (χ1v) is 6.57. The van der Waals surface area contributed by atoms with Crippen LogP contribution in [-0.4, -0.2) is 9.91 Å². The second kappa shape index (κ2) is 5.38. The maximum atomic E-state index is 10.6. The van der Waals surface area contributed by atoms with Gasteiger partial charge in [-0.25, -0.2) is 0 Å². The zero-order valence-corrected chi connectivity index (χ0v) is 11.5. The predicted molar refractivity (Wildman–Crippen MR) is 83.1 cm³/mol. The van der Waals surface area contributed by atoms with Crippen LogP contribution in [0.1, 0.15) is 0 Å². The number of benzene rings is 2. The summed E-state index contributed by atoms with van der Waals surface area (Å²) in [5.74, 6) is 0. The van der Waals surface area contributed by atoms with Gasteiger partial charge in [0.1, 0.15) is 0 Å². The summed E-state index contributed by atoms with van der Waals surface area (Å²) in [5, 5.41) is 15.4. The number of pyridine rings is 1. The van der Waals surface area contributed by atoms with Gasteiger partial charge >= 0.3 is 0 Å². The molecule has 0 atom stereocenters. The van der Waals surface area contributed by atoms with Gasteiger partial charge in [-0.15, -0.1) is 0 Å². The maximum Gasteiger partial charge on any atom is 0.269 e. The number of non-ortho nitro benzene ring substituents is 1. The lowest BCUT2D eigenvalue weighted by Gasteiger charge is -2.09. The summed E-state index contributed by atoms with van der Waals surface area (Å²) in [7, 11) is 0. The number of hydrogen-bond donors (Lipinski definition) is 1. The molecule has 0 spiro atoms. The predicted octanol–water partition coefficient (Wildman–Crippen LogP) is 4.54. The van der Waals surface area contributed by atoms with Crippen LogP contribution >= 0.6 is 11.6 Å². The van der Waals surface area contributed by atoms with E-state index >= 15 is 0 Å². The topological polar surface area (TPSA) is 68.1 Å². The van der Waals surface area contributed by atoms with E-state index in [1.54, 1.807) is 24.4 Å². The molecule has 0 aliphatic carbocycles. The van der Waals surface area contributed by atoms with Gasteiger partial charge in [0.15, 0.2) is 0 Å². The van der Waals surface area contributed by atoms with E-state index in [2.05, 4.69) is 10.3 Å². The van der Waals surface area contributed by atoms with Crippen molar-refractivity contribution >= 4 is 39.6 Å². The molecule has 0 unspecified atom stereocenters. The first-order chi connectivity index (χ1) is 10.1. The number of hydrogen-bond acceptors (Lipinski definition) is 4. The molecule has 0 radical (unpaired) electrons. The molecule has 104 valence electrons. The first-order valence-electron chi connectivity index (χ1n) is 6.19. The standard InChI is InChI=1S/C15H10ClN3O2/c16-10-1-6-14-13(9-10)15(7-8-17-14)18-11-2-4-12(5-3-11)19(20)21/h1-9H,(H,17,18). The second-order valence-corrected chi connectivity index (χ2v) is 4.89. The second-order valence-electron chi connectivity index (χ2n) is 4.45. The lowest BCUT2D eigenvalue weighted by atomic mass is 10.2. The number of rotatable bonds is 3. The lowest BCUT2D eigenvalue weighted by Crippen LogP contribution is -1.93. The fourth-order valence-corrected chi connectivity index (χ4v) is 2.22. The van der Waals surface area contributed by atoms with E-state index in [9.17, 15) is 10.1 Å². The van der Waals surface area contributed by atoms with Crippen LogP contribution in [0, 0.1) is 10.1 Å². The molecule has 1 heterocycles. The summed E-state index contributed by atoms with van der Waals surface area (Å²) in [5.41, 5.74) is 2.49. The molecule has 0 aliphatic rings. The third-order valence-electron chi connectivity index (χ3n) is 3.06. The number of fused-ring (bicyclic) bond motifs is 1. The van der Waals surface area contributed by atoms with E-state index in [1.807, 2.05) is 18.2 Å². The molecule has 0 amide bonds. The minimum absolute atomic E-state index is 0.0585. The van der Waals surface area contributed by atoms with Crippen molar-refractivity contribution in [2.24, 2.45) is 0 Å². The minimum atomic E-state index is -0.425. The molecule has 1 aromatic heterocycles. The van der Waals surface area contributed by atoms with E-state index in [0.29, 0.717) is 5.02 Å². The molecule has 0 bridgehead atoms. The molecule has 3 rings (SSSR count). The van der Waals surface area contributed by atoms with Crippen molar-refractivity contribution in [2.45, 2.75) is 0 Å². The molecule has 21 heavy (non-hydrogen) atoms. The van der Waals surface area contributed by atoms with Gasteiger partial charge < -0.3 is 5.32 Å². The van der Waals surface area contributed by atoms with Crippen molar-refractivity contribution in [3.8, 4) is 0 Å². The quantitative estimate of drug-likeness (QED) is 0.569. The van der Waals surface area contributed by atoms with Gasteiger partial charge in [-0.2, -0.15) is 0 Å². The normalized spacial score (nSPS) is 10.5. The number of nitro benzene ring substituents is 1. The molecule has 3 aromatic rings. The molecule has 5 nitrogen and oxygen atoms in total. The van der Waals surface area contributed by atoms with E-state index in [0.717, 1.165) is 22.3 Å². The van der Waals surface area contributed by atoms with E-state index in [4.69, 9.17) is 11.6 Å². The lowest BCUT2D eigenvalue weighted by molar-refractivity contribution is -0.384. The molecule has 0 aliphatic heterocycles. The van der Waals surface area contributed by atoms with Crippen molar-refractivity contribution in [1.82, 2.24) is 4.98 Å². The third-order valence-corrected chi connectivity index (χ3v) is 3.30. The highest BCUT2D eigenvalue weighted by Gasteiger charge is 2.06. The highest BCUT2D eigenvalue weighted by molar-refractivity contribution is 6.31. The third kappa shape index (κ3) is 2.78. The van der Waals surface area contributed by atoms with Crippen LogP contribution in [-0.2, 0) is 0 Å². The summed E-state index contributed by atoms with van der Waals surface area (Å²) in [6.07, 6.45) is 1.70. The summed E-state index contributed by atoms with van der Waals surface area (Å²) in [6, 6.07) is 13.5. The smallest absolute Gasteiger partial charge is 0.269 e. The van der Waals surface area contributed by atoms with Gasteiger partial charge in [0, 0.05) is 40.1 Å². The number of halogens is 1. The molecular weight excluding hydrogens is 290 g/mol. The number of nitrogens with one attached hydrogen (secondary N) is 1. The molecule has 1 N–H and O–H groups in total.